The van der Waals surface area contributed by atoms with Gasteiger partial charge in [-0.2, -0.15) is 4.99 Å². The summed E-state index contributed by atoms with van der Waals surface area (Å²) in [4.78, 5) is 28.9. The second kappa shape index (κ2) is 6.23. The van der Waals surface area contributed by atoms with Crippen LogP contribution in [0.15, 0.2) is 44.2 Å². The number of carbonyl (C=O) groups excluding carboxylic acids is 1. The van der Waals surface area contributed by atoms with Gasteiger partial charge in [-0.1, -0.05) is 30.8 Å². The van der Waals surface area contributed by atoms with Crippen LogP contribution < -0.4 is 4.74 Å². The third kappa shape index (κ3) is 2.71. The number of thioether (sulfide) groups is 1. The van der Waals surface area contributed by atoms with Crippen LogP contribution in [0.1, 0.15) is 18.9 Å². The van der Waals surface area contributed by atoms with Crippen LogP contribution in [-0.4, -0.2) is 41.3 Å². The normalized spacial score (nSPS) is 16.5. The fraction of sp³-hybridized carbons (Fsp3) is 0.267. The molecule has 6 nitrogen and oxygen atoms in total. The highest BCUT2D eigenvalue weighted by atomic mass is 32.2. The number of aliphatic imine (C=N–C) groups is 4. The van der Waals surface area contributed by atoms with Gasteiger partial charge < -0.3 is 4.74 Å². The number of hydrogen-bond donors (Lipinski definition) is 0. The molecule has 0 atom stereocenters. The van der Waals surface area contributed by atoms with Crippen molar-refractivity contribution in [3.05, 3.63) is 29.8 Å². The van der Waals surface area contributed by atoms with E-state index in [0.29, 0.717) is 34.8 Å². The lowest BCUT2D eigenvalue weighted by Crippen LogP contribution is -2.26. The third-order valence-electron chi connectivity index (χ3n) is 3.01. The van der Waals surface area contributed by atoms with E-state index in [0.717, 1.165) is 6.42 Å². The Balaban J connectivity index is 1.99. The fourth-order valence-electron chi connectivity index (χ4n) is 2.01. The van der Waals surface area contributed by atoms with E-state index in [-0.39, 0.29) is 5.71 Å². The molecule has 3 rings (SSSR count). The SMILES string of the molecule is CCCOc1ccccc1C1=NC(=O)C2=NC(SC)=NC2=N1. The zero-order chi connectivity index (χ0) is 15.5. The van der Waals surface area contributed by atoms with E-state index in [4.69, 9.17) is 4.74 Å². The van der Waals surface area contributed by atoms with Crippen molar-refractivity contribution in [1.82, 2.24) is 0 Å². The minimum atomic E-state index is -0.418. The smallest absolute Gasteiger partial charge is 0.301 e. The van der Waals surface area contributed by atoms with E-state index < -0.39 is 5.91 Å². The average Bonchev–Trinajstić information content (AvgIpc) is 2.97. The van der Waals surface area contributed by atoms with E-state index in [9.17, 15) is 4.79 Å². The van der Waals surface area contributed by atoms with Crippen LogP contribution in [0.2, 0.25) is 0 Å². The van der Waals surface area contributed by atoms with Gasteiger partial charge in [0.2, 0.25) is 0 Å². The van der Waals surface area contributed by atoms with Crippen molar-refractivity contribution in [1.29, 1.82) is 0 Å². The van der Waals surface area contributed by atoms with Gasteiger partial charge in [0.15, 0.2) is 22.6 Å². The highest BCUT2D eigenvalue weighted by Crippen LogP contribution is 2.23. The summed E-state index contributed by atoms with van der Waals surface area (Å²) in [6, 6.07) is 7.40. The summed E-state index contributed by atoms with van der Waals surface area (Å²) in [6.07, 6.45) is 2.74. The van der Waals surface area contributed by atoms with Gasteiger partial charge in [0.05, 0.1) is 12.2 Å². The number of rotatable bonds is 4. The largest absolute Gasteiger partial charge is 0.493 e. The van der Waals surface area contributed by atoms with Crippen molar-refractivity contribution in [2.24, 2.45) is 20.0 Å². The molecule has 22 heavy (non-hydrogen) atoms. The molecule has 0 radical (unpaired) electrons. The van der Waals surface area contributed by atoms with Crippen LogP contribution in [0.5, 0.6) is 5.75 Å². The maximum Gasteiger partial charge on any atom is 0.301 e. The Bertz CT molecular complexity index is 750. The minimum Gasteiger partial charge on any atom is -0.493 e. The van der Waals surface area contributed by atoms with Crippen LogP contribution >= 0.6 is 11.8 Å². The molecule has 112 valence electrons. The van der Waals surface area contributed by atoms with Crippen molar-refractivity contribution in [3.8, 4) is 5.75 Å². The van der Waals surface area contributed by atoms with Crippen LogP contribution in [0.3, 0.4) is 0 Å². The first-order chi connectivity index (χ1) is 10.7. The number of ether oxygens (including phenoxy) is 1. The number of hydrogen-bond acceptors (Lipinski definition) is 6. The monoisotopic (exact) mass is 314 g/mol. The molecular weight excluding hydrogens is 300 g/mol. The first-order valence-corrected chi connectivity index (χ1v) is 8.11. The number of benzene rings is 1. The molecule has 1 aromatic carbocycles. The highest BCUT2D eigenvalue weighted by molar-refractivity contribution is 8.13. The molecule has 2 aliphatic heterocycles. The summed E-state index contributed by atoms with van der Waals surface area (Å²) >= 11 is 1.37. The first-order valence-electron chi connectivity index (χ1n) is 6.88. The zero-order valence-electron chi connectivity index (χ0n) is 12.2. The van der Waals surface area contributed by atoms with Crippen molar-refractivity contribution >= 4 is 40.2 Å². The summed E-state index contributed by atoms with van der Waals surface area (Å²) in [5.74, 6) is 0.882. The molecule has 0 aliphatic carbocycles. The molecule has 0 aromatic heterocycles. The quantitative estimate of drug-likeness (QED) is 0.856. The first kappa shape index (κ1) is 14.6. The van der Waals surface area contributed by atoms with Crippen molar-refractivity contribution in [3.63, 3.8) is 0 Å². The number of nitrogens with zero attached hydrogens (tertiary/aromatic N) is 4. The number of para-hydroxylation sites is 1. The van der Waals surface area contributed by atoms with Crippen molar-refractivity contribution < 1.29 is 9.53 Å². The van der Waals surface area contributed by atoms with Gasteiger partial charge in [-0.15, -0.1) is 0 Å². The van der Waals surface area contributed by atoms with E-state index >= 15 is 0 Å². The van der Waals surface area contributed by atoms with Crippen LogP contribution in [-0.2, 0) is 4.79 Å². The topological polar surface area (TPSA) is 75.7 Å². The van der Waals surface area contributed by atoms with Gasteiger partial charge in [0, 0.05) is 0 Å². The molecule has 0 spiro atoms. The number of carbonyl (C=O) groups is 1. The van der Waals surface area contributed by atoms with Crippen LogP contribution in [0.4, 0.5) is 0 Å². The Hall–Kier alpha value is -2.28. The summed E-state index contributed by atoms with van der Waals surface area (Å²) in [6.45, 7) is 2.63. The van der Waals surface area contributed by atoms with Gasteiger partial charge in [-0.05, 0) is 24.8 Å². The fourth-order valence-corrected chi connectivity index (χ4v) is 2.37. The molecule has 2 heterocycles. The minimum absolute atomic E-state index is 0.208. The summed E-state index contributed by atoms with van der Waals surface area (Å²) < 4.78 is 5.70. The molecule has 0 bridgehead atoms. The lowest BCUT2D eigenvalue weighted by Gasteiger charge is -2.12. The van der Waals surface area contributed by atoms with Crippen LogP contribution in [0, 0.1) is 0 Å². The predicted octanol–water partition coefficient (Wildman–Crippen LogP) is 2.33. The number of amidine groups is 3. The lowest BCUT2D eigenvalue weighted by molar-refractivity contribution is -0.111. The van der Waals surface area contributed by atoms with Gasteiger partial charge in [-0.25, -0.2) is 15.0 Å². The molecule has 0 saturated heterocycles. The summed E-state index contributed by atoms with van der Waals surface area (Å²) in [5, 5.41) is 0.522. The predicted molar refractivity (Wildman–Crippen MR) is 89.6 cm³/mol. The Morgan fingerprint density at radius 1 is 1.09 bits per heavy atom. The molecule has 2 aliphatic rings. The highest BCUT2D eigenvalue weighted by Gasteiger charge is 2.29. The van der Waals surface area contributed by atoms with Gasteiger partial charge in [-0.3, -0.25) is 4.79 Å². The Labute approximate surface area is 132 Å². The van der Waals surface area contributed by atoms with E-state index in [1.807, 2.05) is 37.4 Å². The lowest BCUT2D eigenvalue weighted by atomic mass is 10.1. The maximum atomic E-state index is 12.1. The summed E-state index contributed by atoms with van der Waals surface area (Å²) in [5.41, 5.74) is 0.892. The molecular formula is C15H14N4O2S. The van der Waals surface area contributed by atoms with E-state index in [2.05, 4.69) is 20.0 Å². The van der Waals surface area contributed by atoms with E-state index in [1.165, 1.54) is 11.8 Å². The second-order valence-electron chi connectivity index (χ2n) is 4.58. The molecule has 0 saturated carbocycles. The van der Waals surface area contributed by atoms with Gasteiger partial charge >= 0.3 is 5.91 Å². The average molecular weight is 314 g/mol. The van der Waals surface area contributed by atoms with Crippen LogP contribution in [0.25, 0.3) is 0 Å². The van der Waals surface area contributed by atoms with E-state index in [1.54, 1.807) is 0 Å². The van der Waals surface area contributed by atoms with Gasteiger partial charge in [0.25, 0.3) is 0 Å². The Morgan fingerprint density at radius 2 is 1.91 bits per heavy atom. The molecule has 0 unspecified atom stereocenters. The maximum absolute atomic E-state index is 12.1. The van der Waals surface area contributed by atoms with Crippen molar-refractivity contribution in [2.75, 3.05) is 12.9 Å². The Morgan fingerprint density at radius 3 is 2.68 bits per heavy atom. The second-order valence-corrected chi connectivity index (χ2v) is 5.35. The third-order valence-corrected chi connectivity index (χ3v) is 3.56. The number of amides is 1. The molecule has 7 heteroatoms. The summed E-state index contributed by atoms with van der Waals surface area (Å²) in [7, 11) is 0. The molecule has 1 amide bonds. The number of fused-ring (bicyclic) bond motifs is 1. The standard InChI is InChI=1S/C15H14N4O2S/c1-3-8-21-10-7-5-4-6-9(10)12-17-13-11(14(20)18-12)16-15(19-13)22-2/h4-7H,3,8H2,1-2H3. The zero-order valence-corrected chi connectivity index (χ0v) is 13.1. The van der Waals surface area contributed by atoms with Crippen molar-refractivity contribution in [2.45, 2.75) is 13.3 Å². The molecule has 0 N–H and O–H groups in total. The van der Waals surface area contributed by atoms with Gasteiger partial charge in [0.1, 0.15) is 5.75 Å². The molecule has 0 fully saturated rings. The molecule has 1 aromatic rings. The Kier molecular flexibility index (Phi) is 4.15.